The molecule has 3 rings (SSSR count). The Morgan fingerprint density at radius 2 is 1.50 bits per heavy atom. The van der Waals surface area contributed by atoms with Gasteiger partial charge in [0.15, 0.2) is 0 Å². The lowest BCUT2D eigenvalue weighted by Crippen LogP contribution is -2.37. The molecule has 0 spiro atoms. The second-order valence-corrected chi connectivity index (χ2v) is 7.22. The van der Waals surface area contributed by atoms with E-state index in [1.165, 1.54) is 0 Å². The average molecular weight is 434 g/mol. The van der Waals surface area contributed by atoms with E-state index < -0.39 is 17.9 Å². The van der Waals surface area contributed by atoms with E-state index >= 15 is 0 Å². The third-order valence-electron chi connectivity index (χ3n) is 3.95. The number of hydrogen-bond acceptors (Lipinski definition) is 2. The Morgan fingerprint density at radius 3 is 2.18 bits per heavy atom. The topological polar surface area (TPSA) is 58.2 Å². The number of anilines is 1. The molecule has 0 radical (unpaired) electrons. The maximum atomic E-state index is 12.9. The van der Waals surface area contributed by atoms with Gasteiger partial charge in [-0.25, -0.2) is 0 Å². The van der Waals surface area contributed by atoms with Crippen LogP contribution in [0.3, 0.4) is 0 Å². The second kappa shape index (κ2) is 9.11. The van der Waals surface area contributed by atoms with Crippen LogP contribution in [0.2, 0.25) is 15.1 Å². The number of rotatable bonds is 5. The summed E-state index contributed by atoms with van der Waals surface area (Å²) < 4.78 is 0. The van der Waals surface area contributed by atoms with Crippen molar-refractivity contribution >= 4 is 52.3 Å². The van der Waals surface area contributed by atoms with Crippen LogP contribution in [-0.4, -0.2) is 11.8 Å². The Hall–Kier alpha value is -2.53. The highest BCUT2D eigenvalue weighted by Crippen LogP contribution is 2.22. The van der Waals surface area contributed by atoms with E-state index in [9.17, 15) is 9.59 Å². The van der Waals surface area contributed by atoms with Crippen molar-refractivity contribution in [2.45, 2.75) is 6.04 Å². The maximum Gasteiger partial charge on any atom is 0.253 e. The van der Waals surface area contributed by atoms with E-state index in [0.29, 0.717) is 26.3 Å². The van der Waals surface area contributed by atoms with Gasteiger partial charge in [-0.05, 0) is 48.0 Å². The number of hydrogen-bond donors (Lipinski definition) is 2. The van der Waals surface area contributed by atoms with Gasteiger partial charge in [0, 0.05) is 15.7 Å². The van der Waals surface area contributed by atoms with Crippen molar-refractivity contribution in [3.63, 3.8) is 0 Å². The first-order valence-corrected chi connectivity index (χ1v) is 9.45. The van der Waals surface area contributed by atoms with Gasteiger partial charge in [0.05, 0.1) is 10.6 Å². The lowest BCUT2D eigenvalue weighted by Gasteiger charge is -2.19. The van der Waals surface area contributed by atoms with Crippen LogP contribution in [0.4, 0.5) is 5.69 Å². The van der Waals surface area contributed by atoms with E-state index in [1.54, 1.807) is 72.8 Å². The van der Waals surface area contributed by atoms with Crippen LogP contribution < -0.4 is 10.6 Å². The Morgan fingerprint density at radius 1 is 0.786 bits per heavy atom. The molecule has 0 fully saturated rings. The molecule has 3 aromatic carbocycles. The summed E-state index contributed by atoms with van der Waals surface area (Å²) in [5.41, 5.74) is 1.37. The fraction of sp³-hybridized carbons (Fsp3) is 0.0476. The largest absolute Gasteiger partial charge is 0.336 e. The zero-order valence-corrected chi connectivity index (χ0v) is 16.7. The molecule has 0 bridgehead atoms. The molecule has 7 heteroatoms. The van der Waals surface area contributed by atoms with E-state index in [-0.39, 0.29) is 5.56 Å². The Labute approximate surface area is 177 Å². The van der Waals surface area contributed by atoms with Crippen LogP contribution in [0.15, 0.2) is 72.8 Å². The van der Waals surface area contributed by atoms with Crippen LogP contribution in [0.5, 0.6) is 0 Å². The molecule has 0 aliphatic rings. The van der Waals surface area contributed by atoms with Crippen LogP contribution in [-0.2, 0) is 4.79 Å². The van der Waals surface area contributed by atoms with Crippen LogP contribution >= 0.6 is 34.8 Å². The van der Waals surface area contributed by atoms with Crippen LogP contribution in [0.25, 0.3) is 0 Å². The maximum absolute atomic E-state index is 12.9. The van der Waals surface area contributed by atoms with Crippen molar-refractivity contribution in [3.05, 3.63) is 99.0 Å². The quantitative estimate of drug-likeness (QED) is 0.538. The third kappa shape index (κ3) is 5.04. The number of carbonyl (C=O) groups is 2. The molecule has 0 saturated heterocycles. The molecule has 0 aromatic heterocycles. The first kappa shape index (κ1) is 20.2. The summed E-state index contributed by atoms with van der Waals surface area (Å²) in [4.78, 5) is 25.6. The van der Waals surface area contributed by atoms with E-state index in [2.05, 4.69) is 10.6 Å². The first-order chi connectivity index (χ1) is 13.4. The number of amides is 2. The normalized spacial score (nSPS) is 11.5. The summed E-state index contributed by atoms with van der Waals surface area (Å²) >= 11 is 18.0. The summed E-state index contributed by atoms with van der Waals surface area (Å²) in [5, 5.41) is 6.80. The van der Waals surface area contributed by atoms with Crippen molar-refractivity contribution in [2.75, 3.05) is 5.32 Å². The minimum absolute atomic E-state index is 0.277. The molecule has 0 heterocycles. The lowest BCUT2D eigenvalue weighted by atomic mass is 10.0. The fourth-order valence-electron chi connectivity index (χ4n) is 2.59. The van der Waals surface area contributed by atoms with Crippen molar-refractivity contribution in [2.24, 2.45) is 0 Å². The zero-order chi connectivity index (χ0) is 20.1. The molecule has 3 aromatic rings. The summed E-state index contributed by atoms with van der Waals surface area (Å²) in [6, 6.07) is 19.1. The molecule has 2 amide bonds. The average Bonchev–Trinajstić information content (AvgIpc) is 2.67. The number of benzene rings is 3. The van der Waals surface area contributed by atoms with Gasteiger partial charge < -0.3 is 10.6 Å². The summed E-state index contributed by atoms with van der Waals surface area (Å²) in [5.74, 6) is -0.892. The van der Waals surface area contributed by atoms with Crippen LogP contribution in [0, 0.1) is 0 Å². The molecule has 0 aliphatic carbocycles. The Bertz CT molecular complexity index is 1010. The van der Waals surface area contributed by atoms with Crippen molar-refractivity contribution in [1.82, 2.24) is 5.32 Å². The molecule has 0 saturated carbocycles. The molecular weight excluding hydrogens is 419 g/mol. The van der Waals surface area contributed by atoms with E-state index in [1.807, 2.05) is 0 Å². The predicted octanol–water partition coefficient (Wildman–Crippen LogP) is 5.76. The van der Waals surface area contributed by atoms with Gasteiger partial charge in [0.2, 0.25) is 0 Å². The van der Waals surface area contributed by atoms with Crippen molar-refractivity contribution < 1.29 is 9.59 Å². The smallest absolute Gasteiger partial charge is 0.253 e. The third-order valence-corrected chi connectivity index (χ3v) is 4.77. The minimum Gasteiger partial charge on any atom is -0.336 e. The second-order valence-electron chi connectivity index (χ2n) is 5.94. The van der Waals surface area contributed by atoms with Gasteiger partial charge in [-0.2, -0.15) is 0 Å². The molecule has 142 valence electrons. The number of carbonyl (C=O) groups excluding carboxylic acids is 2. The highest BCUT2D eigenvalue weighted by Gasteiger charge is 2.24. The van der Waals surface area contributed by atoms with Gasteiger partial charge in [-0.1, -0.05) is 65.1 Å². The Kier molecular flexibility index (Phi) is 6.57. The number of halogens is 3. The Balaban J connectivity index is 1.88. The molecule has 2 N–H and O–H groups in total. The highest BCUT2D eigenvalue weighted by atomic mass is 35.5. The first-order valence-electron chi connectivity index (χ1n) is 8.31. The molecule has 0 aliphatic heterocycles. The molecule has 1 unspecified atom stereocenters. The fourth-order valence-corrected chi connectivity index (χ4v) is 3.13. The van der Waals surface area contributed by atoms with E-state index in [4.69, 9.17) is 34.8 Å². The molecule has 4 nitrogen and oxygen atoms in total. The van der Waals surface area contributed by atoms with Gasteiger partial charge in [-0.15, -0.1) is 0 Å². The molecule has 1 atom stereocenters. The summed E-state index contributed by atoms with van der Waals surface area (Å²) in [7, 11) is 0. The SMILES string of the molecule is O=C(NC(C(=O)Nc1cccc(Cl)c1)c1ccc(Cl)cc1)c1ccccc1Cl. The summed E-state index contributed by atoms with van der Waals surface area (Å²) in [6.07, 6.45) is 0. The van der Waals surface area contributed by atoms with Crippen molar-refractivity contribution in [3.8, 4) is 0 Å². The standard InChI is InChI=1S/C21H15Cl3N2O2/c22-14-10-8-13(9-11-14)19(21(28)25-16-5-3-4-15(23)12-16)26-20(27)17-6-1-2-7-18(17)24/h1-12,19H,(H,25,28)(H,26,27). The predicted molar refractivity (Wildman–Crippen MR) is 113 cm³/mol. The van der Waals surface area contributed by atoms with Crippen molar-refractivity contribution in [1.29, 1.82) is 0 Å². The lowest BCUT2D eigenvalue weighted by molar-refractivity contribution is -0.118. The highest BCUT2D eigenvalue weighted by molar-refractivity contribution is 6.34. The molecule has 28 heavy (non-hydrogen) atoms. The van der Waals surface area contributed by atoms with Crippen LogP contribution in [0.1, 0.15) is 22.0 Å². The monoisotopic (exact) mass is 432 g/mol. The minimum atomic E-state index is -0.958. The van der Waals surface area contributed by atoms with E-state index in [0.717, 1.165) is 0 Å². The summed E-state index contributed by atoms with van der Waals surface area (Å²) in [6.45, 7) is 0. The zero-order valence-electron chi connectivity index (χ0n) is 14.5. The van der Waals surface area contributed by atoms with Gasteiger partial charge in [-0.3, -0.25) is 9.59 Å². The van der Waals surface area contributed by atoms with Gasteiger partial charge in [0.25, 0.3) is 11.8 Å². The number of nitrogens with one attached hydrogen (secondary N) is 2. The molecular formula is C21H15Cl3N2O2. The van der Waals surface area contributed by atoms with Gasteiger partial charge in [0.1, 0.15) is 6.04 Å². The van der Waals surface area contributed by atoms with Gasteiger partial charge >= 0.3 is 0 Å².